The summed E-state index contributed by atoms with van der Waals surface area (Å²) in [7, 11) is 0. The Kier molecular flexibility index (Phi) is 5.90. The number of ether oxygens (including phenoxy) is 1. The smallest absolute Gasteiger partial charge is 0.338 e. The van der Waals surface area contributed by atoms with Crippen molar-refractivity contribution < 1.29 is 9.53 Å². The molecule has 110 valence electrons. The first-order valence-corrected chi connectivity index (χ1v) is 7.80. The highest BCUT2D eigenvalue weighted by molar-refractivity contribution is 5.89. The number of rotatable bonds is 5. The van der Waals surface area contributed by atoms with Crippen molar-refractivity contribution in [1.29, 1.82) is 0 Å². The van der Waals surface area contributed by atoms with E-state index >= 15 is 0 Å². The maximum atomic E-state index is 11.6. The number of carbonyl (C=O) groups excluding carboxylic acids is 1. The molecule has 0 spiro atoms. The van der Waals surface area contributed by atoms with Crippen molar-refractivity contribution in [2.24, 2.45) is 5.92 Å². The second kappa shape index (κ2) is 7.93. The van der Waals surface area contributed by atoms with E-state index in [4.69, 9.17) is 4.74 Å². The molecular formula is C17H25NO2. The number of anilines is 1. The summed E-state index contributed by atoms with van der Waals surface area (Å²) in [5, 5.41) is 3.49. The van der Waals surface area contributed by atoms with Gasteiger partial charge in [-0.25, -0.2) is 4.79 Å². The van der Waals surface area contributed by atoms with Crippen molar-refractivity contribution >= 4 is 11.7 Å². The van der Waals surface area contributed by atoms with Gasteiger partial charge in [-0.15, -0.1) is 0 Å². The zero-order valence-corrected chi connectivity index (χ0v) is 12.4. The van der Waals surface area contributed by atoms with Gasteiger partial charge in [0.1, 0.15) is 0 Å². The molecule has 1 saturated carbocycles. The fourth-order valence-corrected chi connectivity index (χ4v) is 2.77. The van der Waals surface area contributed by atoms with Crippen molar-refractivity contribution in [1.82, 2.24) is 0 Å². The molecule has 1 aliphatic carbocycles. The van der Waals surface area contributed by atoms with Gasteiger partial charge in [0.25, 0.3) is 0 Å². The SMILES string of the molecule is CCOC(=O)c1ccc(NCC2CCCCCC2)cc1. The van der Waals surface area contributed by atoms with Crippen LogP contribution in [-0.2, 0) is 4.74 Å². The molecule has 0 heterocycles. The highest BCUT2D eigenvalue weighted by Gasteiger charge is 2.12. The Bertz CT molecular complexity index is 406. The van der Waals surface area contributed by atoms with Gasteiger partial charge in [-0.2, -0.15) is 0 Å². The summed E-state index contributed by atoms with van der Waals surface area (Å²) < 4.78 is 4.98. The summed E-state index contributed by atoms with van der Waals surface area (Å²) in [5.74, 6) is 0.546. The van der Waals surface area contributed by atoms with Crippen LogP contribution < -0.4 is 5.32 Å². The van der Waals surface area contributed by atoms with Gasteiger partial charge in [0.15, 0.2) is 0 Å². The first-order valence-electron chi connectivity index (χ1n) is 7.80. The number of hydrogen-bond acceptors (Lipinski definition) is 3. The third-order valence-corrected chi connectivity index (χ3v) is 3.97. The topological polar surface area (TPSA) is 38.3 Å². The Hall–Kier alpha value is -1.51. The van der Waals surface area contributed by atoms with Gasteiger partial charge in [0, 0.05) is 12.2 Å². The zero-order valence-electron chi connectivity index (χ0n) is 12.4. The van der Waals surface area contributed by atoms with Crippen LogP contribution in [0.5, 0.6) is 0 Å². The summed E-state index contributed by atoms with van der Waals surface area (Å²) >= 11 is 0. The van der Waals surface area contributed by atoms with E-state index in [2.05, 4.69) is 5.32 Å². The van der Waals surface area contributed by atoms with Crippen molar-refractivity contribution in [3.8, 4) is 0 Å². The Morgan fingerprint density at radius 1 is 1.15 bits per heavy atom. The maximum absolute atomic E-state index is 11.6. The summed E-state index contributed by atoms with van der Waals surface area (Å²) in [6.07, 6.45) is 8.21. The van der Waals surface area contributed by atoms with Crippen molar-refractivity contribution in [2.75, 3.05) is 18.5 Å². The Balaban J connectivity index is 1.82. The van der Waals surface area contributed by atoms with E-state index in [-0.39, 0.29) is 5.97 Å². The fourth-order valence-electron chi connectivity index (χ4n) is 2.77. The van der Waals surface area contributed by atoms with Crippen LogP contribution in [0.3, 0.4) is 0 Å². The lowest BCUT2D eigenvalue weighted by molar-refractivity contribution is 0.0526. The normalized spacial score (nSPS) is 16.4. The van der Waals surface area contributed by atoms with Crippen LogP contribution >= 0.6 is 0 Å². The molecule has 3 heteroatoms. The first kappa shape index (κ1) is 14.9. The zero-order chi connectivity index (χ0) is 14.2. The molecule has 0 amide bonds. The van der Waals surface area contributed by atoms with E-state index in [0.29, 0.717) is 12.2 Å². The van der Waals surface area contributed by atoms with E-state index in [1.807, 2.05) is 31.2 Å². The standard InChI is InChI=1S/C17H25NO2/c1-2-20-17(19)15-9-11-16(12-10-15)18-13-14-7-5-3-4-6-8-14/h9-12,14,18H,2-8,13H2,1H3. The van der Waals surface area contributed by atoms with Crippen LogP contribution in [0, 0.1) is 5.92 Å². The molecule has 0 aromatic heterocycles. The van der Waals surface area contributed by atoms with Crippen LogP contribution in [0.4, 0.5) is 5.69 Å². The van der Waals surface area contributed by atoms with Crippen molar-refractivity contribution in [3.05, 3.63) is 29.8 Å². The predicted molar refractivity (Wildman–Crippen MR) is 82.1 cm³/mol. The summed E-state index contributed by atoms with van der Waals surface area (Å²) in [6, 6.07) is 7.58. The highest BCUT2D eigenvalue weighted by atomic mass is 16.5. The van der Waals surface area contributed by atoms with Gasteiger partial charge in [-0.1, -0.05) is 25.7 Å². The molecular weight excluding hydrogens is 250 g/mol. The van der Waals surface area contributed by atoms with E-state index in [1.54, 1.807) is 0 Å². The summed E-state index contributed by atoms with van der Waals surface area (Å²) in [5.41, 5.74) is 1.70. The lowest BCUT2D eigenvalue weighted by Gasteiger charge is -2.15. The monoisotopic (exact) mass is 275 g/mol. The van der Waals surface area contributed by atoms with Gasteiger partial charge in [0.2, 0.25) is 0 Å². The predicted octanol–water partition coefficient (Wildman–Crippen LogP) is 4.25. The second-order valence-electron chi connectivity index (χ2n) is 5.54. The van der Waals surface area contributed by atoms with E-state index < -0.39 is 0 Å². The quantitative estimate of drug-likeness (QED) is 0.645. The Morgan fingerprint density at radius 3 is 2.40 bits per heavy atom. The van der Waals surface area contributed by atoms with Crippen LogP contribution in [0.25, 0.3) is 0 Å². The molecule has 0 aliphatic heterocycles. The molecule has 1 aromatic carbocycles. The molecule has 2 rings (SSSR count). The van der Waals surface area contributed by atoms with Crippen LogP contribution in [0.15, 0.2) is 24.3 Å². The van der Waals surface area contributed by atoms with Gasteiger partial charge in [0.05, 0.1) is 12.2 Å². The maximum Gasteiger partial charge on any atom is 0.338 e. The number of esters is 1. The average molecular weight is 275 g/mol. The number of benzene rings is 1. The minimum Gasteiger partial charge on any atom is -0.462 e. The molecule has 3 nitrogen and oxygen atoms in total. The van der Waals surface area contributed by atoms with Crippen molar-refractivity contribution in [2.45, 2.75) is 45.4 Å². The van der Waals surface area contributed by atoms with Crippen LogP contribution in [-0.4, -0.2) is 19.1 Å². The Morgan fingerprint density at radius 2 is 1.80 bits per heavy atom. The minimum atomic E-state index is -0.247. The highest BCUT2D eigenvalue weighted by Crippen LogP contribution is 2.23. The molecule has 0 bridgehead atoms. The molecule has 0 saturated heterocycles. The van der Waals surface area contributed by atoms with E-state index in [0.717, 1.165) is 18.2 Å². The largest absolute Gasteiger partial charge is 0.462 e. The van der Waals surface area contributed by atoms with Gasteiger partial charge in [-0.3, -0.25) is 0 Å². The van der Waals surface area contributed by atoms with E-state index in [1.165, 1.54) is 38.5 Å². The minimum absolute atomic E-state index is 0.247. The molecule has 0 radical (unpaired) electrons. The molecule has 0 unspecified atom stereocenters. The number of nitrogens with one attached hydrogen (secondary N) is 1. The summed E-state index contributed by atoms with van der Waals surface area (Å²) in [6.45, 7) is 3.28. The molecule has 0 atom stereocenters. The summed E-state index contributed by atoms with van der Waals surface area (Å²) in [4.78, 5) is 11.6. The first-order chi connectivity index (χ1) is 9.79. The molecule has 1 fully saturated rings. The Labute approximate surface area is 121 Å². The van der Waals surface area contributed by atoms with Gasteiger partial charge in [-0.05, 0) is 49.9 Å². The van der Waals surface area contributed by atoms with Crippen LogP contribution in [0.2, 0.25) is 0 Å². The molecule has 1 aliphatic rings. The van der Waals surface area contributed by atoms with E-state index in [9.17, 15) is 4.79 Å². The molecule has 20 heavy (non-hydrogen) atoms. The van der Waals surface area contributed by atoms with Gasteiger partial charge < -0.3 is 10.1 Å². The second-order valence-corrected chi connectivity index (χ2v) is 5.54. The lowest BCUT2D eigenvalue weighted by atomic mass is 10.0. The van der Waals surface area contributed by atoms with Crippen LogP contribution in [0.1, 0.15) is 55.8 Å². The lowest BCUT2D eigenvalue weighted by Crippen LogP contribution is -2.13. The number of hydrogen-bond donors (Lipinski definition) is 1. The third-order valence-electron chi connectivity index (χ3n) is 3.97. The average Bonchev–Trinajstić information content (AvgIpc) is 2.74. The molecule has 1 aromatic rings. The molecule has 1 N–H and O–H groups in total. The fraction of sp³-hybridized carbons (Fsp3) is 0.588. The third kappa shape index (κ3) is 4.55. The van der Waals surface area contributed by atoms with Gasteiger partial charge >= 0.3 is 5.97 Å². The number of carbonyl (C=O) groups is 1. The van der Waals surface area contributed by atoms with Crippen molar-refractivity contribution in [3.63, 3.8) is 0 Å².